The van der Waals surface area contributed by atoms with E-state index in [9.17, 15) is 17.6 Å². The molecule has 0 saturated heterocycles. The van der Waals surface area contributed by atoms with Gasteiger partial charge in [-0.05, 0) is 24.6 Å². The summed E-state index contributed by atoms with van der Waals surface area (Å²) in [6.45, 7) is 1.70. The maximum absolute atomic E-state index is 12.8. The van der Waals surface area contributed by atoms with Crippen molar-refractivity contribution in [3.63, 3.8) is 0 Å². The van der Waals surface area contributed by atoms with E-state index in [1.54, 1.807) is 6.92 Å². The molecule has 0 amide bonds. The van der Waals surface area contributed by atoms with Crippen LogP contribution in [0.4, 0.5) is 10.1 Å². The molecule has 7 heteroatoms. The molecule has 0 spiro atoms. The molecule has 0 aromatic heterocycles. The highest BCUT2D eigenvalue weighted by molar-refractivity contribution is 7.91. The van der Waals surface area contributed by atoms with Gasteiger partial charge in [0.25, 0.3) is 0 Å². The topological polar surface area (TPSA) is 86.5 Å². The summed E-state index contributed by atoms with van der Waals surface area (Å²) in [6.07, 6.45) is 0. The van der Waals surface area contributed by atoms with Gasteiger partial charge in [-0.3, -0.25) is 4.79 Å². The van der Waals surface area contributed by atoms with Crippen molar-refractivity contribution in [1.29, 1.82) is 0 Å². The summed E-state index contributed by atoms with van der Waals surface area (Å²) in [5, 5.41) is 0. The van der Waals surface area contributed by atoms with Crippen LogP contribution in [-0.4, -0.2) is 26.7 Å². The first kappa shape index (κ1) is 14.4. The number of ether oxygens (including phenoxy) is 1. The average Bonchev–Trinajstić information content (AvgIpc) is 2.21. The maximum Gasteiger partial charge on any atom is 0.321 e. The first-order valence-corrected chi connectivity index (χ1v) is 7.06. The summed E-state index contributed by atoms with van der Waals surface area (Å²) in [4.78, 5) is 11.1. The van der Waals surface area contributed by atoms with Crippen LogP contribution >= 0.6 is 0 Å². The third-order valence-corrected chi connectivity index (χ3v) is 3.55. The lowest BCUT2D eigenvalue weighted by Gasteiger charge is -2.07. The van der Waals surface area contributed by atoms with E-state index < -0.39 is 33.1 Å². The highest BCUT2D eigenvalue weighted by atomic mass is 32.2. The molecule has 0 atom stereocenters. The molecular formula is C11H14FNO4S. The van der Waals surface area contributed by atoms with Gasteiger partial charge in [-0.15, -0.1) is 0 Å². The lowest BCUT2D eigenvalue weighted by atomic mass is 10.2. The Kier molecular flexibility index (Phi) is 4.66. The standard InChI is InChI=1S/C11H14FNO4S/c1-2-17-11(14)7-18(15,16)6-8-3-4-9(12)5-10(8)13/h3-5H,2,6-7,13H2,1H3. The van der Waals surface area contributed by atoms with E-state index in [1.165, 1.54) is 6.07 Å². The Bertz CT molecular complexity index is 542. The van der Waals surface area contributed by atoms with Gasteiger partial charge in [-0.1, -0.05) is 6.07 Å². The van der Waals surface area contributed by atoms with Crippen molar-refractivity contribution in [1.82, 2.24) is 0 Å². The molecule has 0 saturated carbocycles. The Morgan fingerprint density at radius 2 is 2.11 bits per heavy atom. The van der Waals surface area contributed by atoms with Crippen molar-refractivity contribution < 1.29 is 22.3 Å². The SMILES string of the molecule is CCOC(=O)CS(=O)(=O)Cc1ccc(F)cc1N. The Morgan fingerprint density at radius 3 is 2.67 bits per heavy atom. The number of sulfone groups is 1. The molecule has 100 valence electrons. The van der Waals surface area contributed by atoms with E-state index in [1.807, 2.05) is 0 Å². The highest BCUT2D eigenvalue weighted by Crippen LogP contribution is 2.16. The number of hydrogen-bond acceptors (Lipinski definition) is 5. The predicted octanol–water partition coefficient (Wildman–Crippen LogP) is 0.886. The number of halogens is 1. The van der Waals surface area contributed by atoms with Gasteiger partial charge in [-0.2, -0.15) is 0 Å². The number of anilines is 1. The second-order valence-electron chi connectivity index (χ2n) is 3.68. The minimum Gasteiger partial charge on any atom is -0.465 e. The van der Waals surface area contributed by atoms with Crippen LogP contribution in [0.5, 0.6) is 0 Å². The van der Waals surface area contributed by atoms with Crippen molar-refractivity contribution in [2.24, 2.45) is 0 Å². The molecule has 0 heterocycles. The van der Waals surface area contributed by atoms with E-state index in [0.717, 1.165) is 12.1 Å². The zero-order valence-corrected chi connectivity index (χ0v) is 10.7. The van der Waals surface area contributed by atoms with E-state index >= 15 is 0 Å². The monoisotopic (exact) mass is 275 g/mol. The van der Waals surface area contributed by atoms with Gasteiger partial charge in [0.2, 0.25) is 0 Å². The minimum absolute atomic E-state index is 0.0439. The second-order valence-corrected chi connectivity index (χ2v) is 5.74. The molecule has 2 N–H and O–H groups in total. The molecule has 5 nitrogen and oxygen atoms in total. The molecule has 0 aliphatic rings. The molecule has 1 aromatic carbocycles. The first-order chi connectivity index (χ1) is 8.34. The van der Waals surface area contributed by atoms with E-state index in [0.29, 0.717) is 0 Å². The minimum atomic E-state index is -3.67. The molecule has 0 bridgehead atoms. The molecule has 0 radical (unpaired) electrons. The fourth-order valence-electron chi connectivity index (χ4n) is 1.37. The third kappa shape index (κ3) is 4.33. The number of nitrogens with two attached hydrogens (primary N) is 1. The van der Waals surface area contributed by atoms with Crippen molar-refractivity contribution in [2.75, 3.05) is 18.1 Å². The lowest BCUT2D eigenvalue weighted by Crippen LogP contribution is -2.20. The van der Waals surface area contributed by atoms with Crippen molar-refractivity contribution >= 4 is 21.5 Å². The summed E-state index contributed by atoms with van der Waals surface area (Å²) < 4.78 is 40.7. The van der Waals surface area contributed by atoms with Crippen molar-refractivity contribution in [3.05, 3.63) is 29.6 Å². The van der Waals surface area contributed by atoms with Gasteiger partial charge in [0, 0.05) is 5.69 Å². The largest absolute Gasteiger partial charge is 0.465 e. The number of nitrogen functional groups attached to an aromatic ring is 1. The zero-order valence-electron chi connectivity index (χ0n) is 9.85. The lowest BCUT2D eigenvalue weighted by molar-refractivity contribution is -0.139. The number of benzene rings is 1. The molecule has 0 aliphatic heterocycles. The Hall–Kier alpha value is -1.63. The molecule has 0 fully saturated rings. The predicted molar refractivity (Wildman–Crippen MR) is 64.9 cm³/mol. The van der Waals surface area contributed by atoms with Crippen LogP contribution in [0.3, 0.4) is 0 Å². The summed E-state index contributed by atoms with van der Waals surface area (Å²) >= 11 is 0. The van der Waals surface area contributed by atoms with Crippen LogP contribution in [0.15, 0.2) is 18.2 Å². The molecule has 18 heavy (non-hydrogen) atoms. The van der Waals surface area contributed by atoms with Crippen LogP contribution in [0, 0.1) is 5.82 Å². The summed E-state index contributed by atoms with van der Waals surface area (Å²) in [6, 6.07) is 3.44. The van der Waals surface area contributed by atoms with E-state index in [2.05, 4.69) is 4.74 Å². The zero-order chi connectivity index (χ0) is 13.8. The molecule has 1 rings (SSSR count). The fraction of sp³-hybridized carbons (Fsp3) is 0.364. The molecule has 0 aliphatic carbocycles. The highest BCUT2D eigenvalue weighted by Gasteiger charge is 2.19. The quantitative estimate of drug-likeness (QED) is 0.637. The maximum atomic E-state index is 12.8. The number of rotatable bonds is 5. The van der Waals surface area contributed by atoms with Crippen molar-refractivity contribution in [3.8, 4) is 0 Å². The van der Waals surface area contributed by atoms with Crippen LogP contribution < -0.4 is 5.73 Å². The number of carbonyl (C=O) groups is 1. The van der Waals surface area contributed by atoms with Crippen LogP contribution in [-0.2, 0) is 25.1 Å². The van der Waals surface area contributed by atoms with Crippen LogP contribution in [0.1, 0.15) is 12.5 Å². The fourth-order valence-corrected chi connectivity index (χ4v) is 2.65. The summed E-state index contributed by atoms with van der Waals surface area (Å²) in [5.74, 6) is -2.48. The summed E-state index contributed by atoms with van der Waals surface area (Å²) in [5.41, 5.74) is 5.81. The Labute approximate surface area is 105 Å². The van der Waals surface area contributed by atoms with Crippen LogP contribution in [0.2, 0.25) is 0 Å². The molecular weight excluding hydrogens is 261 g/mol. The van der Waals surface area contributed by atoms with Gasteiger partial charge < -0.3 is 10.5 Å². The van der Waals surface area contributed by atoms with Gasteiger partial charge in [0.05, 0.1) is 12.4 Å². The first-order valence-electron chi connectivity index (χ1n) is 5.24. The van der Waals surface area contributed by atoms with E-state index in [4.69, 9.17) is 5.73 Å². The van der Waals surface area contributed by atoms with Gasteiger partial charge in [0.1, 0.15) is 11.6 Å². The Balaban J connectivity index is 2.79. The second kappa shape index (κ2) is 5.81. The normalized spacial score (nSPS) is 11.2. The molecule has 0 unspecified atom stereocenters. The van der Waals surface area contributed by atoms with Crippen molar-refractivity contribution in [2.45, 2.75) is 12.7 Å². The average molecular weight is 275 g/mol. The summed E-state index contributed by atoms with van der Waals surface area (Å²) in [7, 11) is -3.67. The van der Waals surface area contributed by atoms with Gasteiger partial charge in [-0.25, -0.2) is 12.8 Å². The Morgan fingerprint density at radius 1 is 1.44 bits per heavy atom. The van der Waals surface area contributed by atoms with Crippen LogP contribution in [0.25, 0.3) is 0 Å². The van der Waals surface area contributed by atoms with Gasteiger partial charge >= 0.3 is 5.97 Å². The molecule has 1 aromatic rings. The number of hydrogen-bond donors (Lipinski definition) is 1. The number of esters is 1. The number of carbonyl (C=O) groups excluding carboxylic acids is 1. The smallest absolute Gasteiger partial charge is 0.321 e. The van der Waals surface area contributed by atoms with E-state index in [-0.39, 0.29) is 17.9 Å². The third-order valence-electron chi connectivity index (χ3n) is 2.13. The van der Waals surface area contributed by atoms with Gasteiger partial charge in [0.15, 0.2) is 9.84 Å².